The monoisotopic (exact) mass is 156 g/mol. The molecular formula is C7H12N2O2. The Morgan fingerprint density at radius 3 is 2.18 bits per heavy atom. The van der Waals surface area contributed by atoms with Gasteiger partial charge in [0.2, 0.25) is 0 Å². The molecule has 1 rings (SSSR count). The predicted molar refractivity (Wildman–Crippen MR) is 41.4 cm³/mol. The molecule has 1 heterocycles. The molecule has 0 saturated carbocycles. The first-order valence-electron chi connectivity index (χ1n) is 3.20. The van der Waals surface area contributed by atoms with Gasteiger partial charge in [0.15, 0.2) is 0 Å². The maximum Gasteiger partial charge on any atom is 0.300 e. The molecule has 1 aromatic heterocycles. The number of aryl methyl sites for hydroxylation is 2. The average Bonchev–Trinajstić information content (AvgIpc) is 2.13. The molecule has 4 nitrogen and oxygen atoms in total. The highest BCUT2D eigenvalue weighted by atomic mass is 16.4. The zero-order valence-electron chi connectivity index (χ0n) is 6.88. The van der Waals surface area contributed by atoms with Gasteiger partial charge in [0, 0.05) is 18.8 Å². The number of carboxylic acid groups (broad SMARTS) is 1. The van der Waals surface area contributed by atoms with E-state index in [0.717, 1.165) is 18.4 Å². The normalized spacial score (nSPS) is 8.27. The smallest absolute Gasteiger partial charge is 0.300 e. The van der Waals surface area contributed by atoms with Gasteiger partial charge in [-0.3, -0.25) is 4.79 Å². The summed E-state index contributed by atoms with van der Waals surface area (Å²) in [6, 6.07) is 0. The molecule has 0 amide bonds. The number of H-pyrrole nitrogens is 1. The molecule has 2 N–H and O–H groups in total. The molecule has 0 radical (unpaired) electrons. The van der Waals surface area contributed by atoms with E-state index in [-0.39, 0.29) is 0 Å². The van der Waals surface area contributed by atoms with Crippen LogP contribution in [0.2, 0.25) is 0 Å². The molecule has 0 fully saturated rings. The van der Waals surface area contributed by atoms with Gasteiger partial charge in [-0.2, -0.15) is 0 Å². The van der Waals surface area contributed by atoms with Crippen molar-refractivity contribution in [3.05, 3.63) is 17.7 Å². The van der Waals surface area contributed by atoms with E-state index in [0.29, 0.717) is 0 Å². The van der Waals surface area contributed by atoms with Gasteiger partial charge in [-0.1, -0.05) is 0 Å². The van der Waals surface area contributed by atoms with Crippen LogP contribution < -0.4 is 0 Å². The van der Waals surface area contributed by atoms with Crippen LogP contribution in [0.4, 0.5) is 0 Å². The zero-order valence-corrected chi connectivity index (χ0v) is 6.88. The molecule has 4 heteroatoms. The number of rotatable bonds is 0. The molecule has 0 aliphatic heterocycles. The second kappa shape index (κ2) is 4.49. The Morgan fingerprint density at radius 1 is 1.64 bits per heavy atom. The van der Waals surface area contributed by atoms with Crippen LogP contribution in [0.5, 0.6) is 0 Å². The van der Waals surface area contributed by atoms with Crippen LogP contribution in [0.1, 0.15) is 18.4 Å². The number of nitrogens with zero attached hydrogens (tertiary/aromatic N) is 1. The number of aromatic nitrogens is 2. The highest BCUT2D eigenvalue weighted by molar-refractivity contribution is 5.62. The topological polar surface area (TPSA) is 66.0 Å². The minimum atomic E-state index is -0.833. The summed E-state index contributed by atoms with van der Waals surface area (Å²) < 4.78 is 0. The largest absolute Gasteiger partial charge is 0.481 e. The third-order valence-corrected chi connectivity index (χ3v) is 0.830. The Kier molecular flexibility index (Phi) is 3.95. The Balaban J connectivity index is 0.000000218. The molecule has 0 saturated heterocycles. The fraction of sp³-hybridized carbons (Fsp3) is 0.429. The molecule has 1 aromatic rings. The fourth-order valence-corrected chi connectivity index (χ4v) is 0.544. The van der Waals surface area contributed by atoms with Crippen LogP contribution in [-0.2, 0) is 4.79 Å². The molecule has 11 heavy (non-hydrogen) atoms. The number of hydrogen-bond acceptors (Lipinski definition) is 2. The summed E-state index contributed by atoms with van der Waals surface area (Å²) in [6.45, 7) is 5.01. The van der Waals surface area contributed by atoms with E-state index in [1.54, 1.807) is 0 Å². The third-order valence-electron chi connectivity index (χ3n) is 0.830. The zero-order chi connectivity index (χ0) is 8.85. The van der Waals surface area contributed by atoms with Crippen molar-refractivity contribution in [1.29, 1.82) is 0 Å². The molecular weight excluding hydrogens is 144 g/mol. The fourth-order valence-electron chi connectivity index (χ4n) is 0.544. The molecule has 0 spiro atoms. The number of aromatic amines is 1. The third kappa shape index (κ3) is 6.57. The number of carboxylic acids is 1. The molecule has 62 valence electrons. The Labute approximate surface area is 65.3 Å². The van der Waals surface area contributed by atoms with Crippen molar-refractivity contribution >= 4 is 5.97 Å². The van der Waals surface area contributed by atoms with E-state index in [4.69, 9.17) is 9.90 Å². The van der Waals surface area contributed by atoms with Gasteiger partial charge in [0.1, 0.15) is 5.82 Å². The minimum absolute atomic E-state index is 0.833. The molecule has 0 atom stereocenters. The van der Waals surface area contributed by atoms with Crippen LogP contribution in [0.15, 0.2) is 6.20 Å². The van der Waals surface area contributed by atoms with Crippen LogP contribution >= 0.6 is 0 Å². The number of imidazole rings is 1. The highest BCUT2D eigenvalue weighted by Crippen LogP contribution is 1.89. The summed E-state index contributed by atoms with van der Waals surface area (Å²) in [5.74, 6) is 0.150. The summed E-state index contributed by atoms with van der Waals surface area (Å²) in [6.07, 6.45) is 1.81. The van der Waals surface area contributed by atoms with Gasteiger partial charge in [0.05, 0.1) is 0 Å². The Bertz CT molecular complexity index is 210. The maximum atomic E-state index is 9.00. The Morgan fingerprint density at radius 2 is 2.09 bits per heavy atom. The lowest BCUT2D eigenvalue weighted by Crippen LogP contribution is -1.78. The Hall–Kier alpha value is -1.32. The van der Waals surface area contributed by atoms with E-state index in [2.05, 4.69) is 9.97 Å². The van der Waals surface area contributed by atoms with Gasteiger partial charge >= 0.3 is 0 Å². The van der Waals surface area contributed by atoms with Crippen molar-refractivity contribution in [2.75, 3.05) is 0 Å². The van der Waals surface area contributed by atoms with Crippen LogP contribution in [0.25, 0.3) is 0 Å². The first-order valence-corrected chi connectivity index (χ1v) is 3.20. The maximum absolute atomic E-state index is 9.00. The summed E-state index contributed by atoms with van der Waals surface area (Å²) in [5, 5.41) is 7.42. The first-order chi connectivity index (χ1) is 5.02. The standard InChI is InChI=1S/C5H8N2.C2H4O2/c1-4-3-6-5(2)7-4;1-2(3)4/h3H,1-2H3,(H,6,7);1H3,(H,3,4). The van der Waals surface area contributed by atoms with Crippen LogP contribution in [0.3, 0.4) is 0 Å². The number of hydrogen-bond donors (Lipinski definition) is 2. The van der Waals surface area contributed by atoms with Crippen LogP contribution in [-0.4, -0.2) is 21.0 Å². The van der Waals surface area contributed by atoms with Gasteiger partial charge in [-0.05, 0) is 13.8 Å². The highest BCUT2D eigenvalue weighted by Gasteiger charge is 1.83. The van der Waals surface area contributed by atoms with Crippen molar-refractivity contribution in [2.45, 2.75) is 20.8 Å². The molecule has 0 aliphatic carbocycles. The number of carbonyl (C=O) groups is 1. The second-order valence-corrected chi connectivity index (χ2v) is 2.17. The van der Waals surface area contributed by atoms with Crippen molar-refractivity contribution in [3.63, 3.8) is 0 Å². The van der Waals surface area contributed by atoms with E-state index in [1.807, 2.05) is 20.0 Å². The van der Waals surface area contributed by atoms with E-state index in [9.17, 15) is 0 Å². The van der Waals surface area contributed by atoms with Crippen molar-refractivity contribution < 1.29 is 9.90 Å². The summed E-state index contributed by atoms with van der Waals surface area (Å²) in [4.78, 5) is 16.0. The number of nitrogens with one attached hydrogen (secondary N) is 1. The summed E-state index contributed by atoms with van der Waals surface area (Å²) in [5.41, 5.74) is 1.12. The molecule has 0 bridgehead atoms. The van der Waals surface area contributed by atoms with Crippen LogP contribution in [0, 0.1) is 13.8 Å². The lowest BCUT2D eigenvalue weighted by atomic mass is 10.6. The van der Waals surface area contributed by atoms with Crippen molar-refractivity contribution in [1.82, 2.24) is 9.97 Å². The SMILES string of the molecule is CC(=O)O.Cc1cnc(C)[nH]1. The van der Waals surface area contributed by atoms with Crippen molar-refractivity contribution in [3.8, 4) is 0 Å². The van der Waals surface area contributed by atoms with E-state index < -0.39 is 5.97 Å². The summed E-state index contributed by atoms with van der Waals surface area (Å²) >= 11 is 0. The number of aliphatic carboxylic acids is 1. The minimum Gasteiger partial charge on any atom is -0.481 e. The quantitative estimate of drug-likeness (QED) is 0.591. The van der Waals surface area contributed by atoms with Gasteiger partial charge in [-0.15, -0.1) is 0 Å². The van der Waals surface area contributed by atoms with E-state index in [1.165, 1.54) is 0 Å². The summed E-state index contributed by atoms with van der Waals surface area (Å²) in [7, 11) is 0. The lowest BCUT2D eigenvalue weighted by Gasteiger charge is -1.74. The van der Waals surface area contributed by atoms with Crippen molar-refractivity contribution in [2.24, 2.45) is 0 Å². The average molecular weight is 156 g/mol. The predicted octanol–water partition coefficient (Wildman–Crippen LogP) is 1.12. The first kappa shape index (κ1) is 9.68. The lowest BCUT2D eigenvalue weighted by molar-refractivity contribution is -0.134. The molecule has 0 aliphatic rings. The van der Waals surface area contributed by atoms with Gasteiger partial charge < -0.3 is 10.1 Å². The van der Waals surface area contributed by atoms with Gasteiger partial charge in [-0.25, -0.2) is 4.98 Å². The molecule has 0 aromatic carbocycles. The van der Waals surface area contributed by atoms with E-state index >= 15 is 0 Å². The molecule has 0 unspecified atom stereocenters. The van der Waals surface area contributed by atoms with Gasteiger partial charge in [0.25, 0.3) is 5.97 Å². The second-order valence-electron chi connectivity index (χ2n) is 2.17.